The van der Waals surface area contributed by atoms with Crippen molar-refractivity contribution in [1.82, 2.24) is 0 Å². The molecule has 1 N–H and O–H groups in total. The van der Waals surface area contributed by atoms with Gasteiger partial charge in [-0.05, 0) is 43.7 Å². The van der Waals surface area contributed by atoms with Crippen molar-refractivity contribution in [2.75, 3.05) is 17.7 Å². The van der Waals surface area contributed by atoms with Crippen LogP contribution in [0.1, 0.15) is 12.5 Å². The zero-order valence-electron chi connectivity index (χ0n) is 13.2. The number of thioether (sulfide) groups is 1. The van der Waals surface area contributed by atoms with Gasteiger partial charge in [-0.2, -0.15) is 0 Å². The number of rotatable bonds is 7. The number of amides is 1. The summed E-state index contributed by atoms with van der Waals surface area (Å²) >= 11 is 1.50. The molecular weight excluding hydrogens is 313 g/mol. The number of ether oxygens (including phenoxy) is 1. The lowest BCUT2D eigenvalue weighted by Crippen LogP contribution is -2.24. The third-order valence-electron chi connectivity index (χ3n) is 3.29. The van der Waals surface area contributed by atoms with E-state index in [9.17, 15) is 9.18 Å². The molecule has 0 bridgehead atoms. The summed E-state index contributed by atoms with van der Waals surface area (Å²) < 4.78 is 18.8. The van der Waals surface area contributed by atoms with Gasteiger partial charge in [0.05, 0.1) is 11.9 Å². The average molecular weight is 333 g/mol. The molecule has 122 valence electrons. The average Bonchev–Trinajstić information content (AvgIpc) is 2.55. The molecule has 0 spiro atoms. The Morgan fingerprint density at radius 2 is 2.00 bits per heavy atom. The fraction of sp³-hybridized carbons (Fsp3) is 0.278. The first kappa shape index (κ1) is 17.3. The van der Waals surface area contributed by atoms with E-state index in [4.69, 9.17) is 4.74 Å². The highest BCUT2D eigenvalue weighted by atomic mass is 32.2. The summed E-state index contributed by atoms with van der Waals surface area (Å²) in [6.45, 7) is 4.20. The van der Waals surface area contributed by atoms with Gasteiger partial charge in [0.1, 0.15) is 11.6 Å². The van der Waals surface area contributed by atoms with Crippen LogP contribution in [0.25, 0.3) is 0 Å². The molecule has 5 heteroatoms. The number of para-hydroxylation sites is 1. The van der Waals surface area contributed by atoms with E-state index in [0.717, 1.165) is 11.3 Å². The Hall–Kier alpha value is -2.01. The number of nitrogens with one attached hydrogen (secondary N) is 1. The van der Waals surface area contributed by atoms with E-state index in [1.54, 1.807) is 6.07 Å². The molecule has 2 aromatic rings. The van der Waals surface area contributed by atoms with Crippen LogP contribution in [0.15, 0.2) is 48.5 Å². The van der Waals surface area contributed by atoms with Crippen LogP contribution in [0, 0.1) is 12.7 Å². The molecule has 1 atom stereocenters. The molecule has 0 aliphatic heterocycles. The van der Waals surface area contributed by atoms with Crippen molar-refractivity contribution in [3.63, 3.8) is 0 Å². The molecule has 0 aliphatic rings. The van der Waals surface area contributed by atoms with E-state index in [-0.39, 0.29) is 17.0 Å². The summed E-state index contributed by atoms with van der Waals surface area (Å²) in [6.07, 6.45) is 0. The van der Waals surface area contributed by atoms with Crippen LogP contribution in [0.4, 0.5) is 10.1 Å². The monoisotopic (exact) mass is 333 g/mol. The van der Waals surface area contributed by atoms with Gasteiger partial charge in [0, 0.05) is 11.4 Å². The third kappa shape index (κ3) is 5.60. The number of aryl methyl sites for hydroxylation is 1. The second-order valence-electron chi connectivity index (χ2n) is 5.12. The maximum Gasteiger partial charge on any atom is 0.237 e. The Morgan fingerprint density at radius 3 is 2.74 bits per heavy atom. The first-order valence-electron chi connectivity index (χ1n) is 7.43. The minimum absolute atomic E-state index is 0.136. The third-order valence-corrected chi connectivity index (χ3v) is 4.41. The van der Waals surface area contributed by atoms with Gasteiger partial charge < -0.3 is 10.1 Å². The zero-order chi connectivity index (χ0) is 16.7. The van der Waals surface area contributed by atoms with Crippen molar-refractivity contribution < 1.29 is 13.9 Å². The lowest BCUT2D eigenvalue weighted by atomic mass is 10.2. The largest absolute Gasteiger partial charge is 0.493 e. The Labute approximate surface area is 140 Å². The summed E-state index contributed by atoms with van der Waals surface area (Å²) in [5.41, 5.74) is 1.35. The molecule has 0 aliphatic carbocycles. The predicted octanol–water partition coefficient (Wildman–Crippen LogP) is 4.27. The molecule has 0 aromatic heterocycles. The first-order valence-corrected chi connectivity index (χ1v) is 8.47. The van der Waals surface area contributed by atoms with Gasteiger partial charge in [-0.15, -0.1) is 11.8 Å². The van der Waals surface area contributed by atoms with Crippen molar-refractivity contribution >= 4 is 23.4 Å². The van der Waals surface area contributed by atoms with Crippen molar-refractivity contribution in [2.45, 2.75) is 19.1 Å². The van der Waals surface area contributed by atoms with E-state index >= 15 is 0 Å². The van der Waals surface area contributed by atoms with E-state index in [0.29, 0.717) is 18.0 Å². The molecule has 23 heavy (non-hydrogen) atoms. The van der Waals surface area contributed by atoms with E-state index in [2.05, 4.69) is 5.32 Å². The van der Waals surface area contributed by atoms with Crippen LogP contribution in [-0.4, -0.2) is 23.5 Å². The number of anilines is 1. The highest BCUT2D eigenvalue weighted by Crippen LogP contribution is 2.19. The number of hydrogen-bond donors (Lipinski definition) is 1. The van der Waals surface area contributed by atoms with Gasteiger partial charge in [0.25, 0.3) is 0 Å². The first-order chi connectivity index (χ1) is 11.1. The van der Waals surface area contributed by atoms with Crippen molar-refractivity contribution in [1.29, 1.82) is 0 Å². The van der Waals surface area contributed by atoms with E-state index < -0.39 is 0 Å². The fourth-order valence-electron chi connectivity index (χ4n) is 1.94. The predicted molar refractivity (Wildman–Crippen MR) is 93.6 cm³/mol. The van der Waals surface area contributed by atoms with Gasteiger partial charge in [0.15, 0.2) is 0 Å². The van der Waals surface area contributed by atoms with Gasteiger partial charge in [-0.25, -0.2) is 4.39 Å². The summed E-state index contributed by atoms with van der Waals surface area (Å²) in [5.74, 6) is 1.03. The number of hydrogen-bond acceptors (Lipinski definition) is 3. The minimum Gasteiger partial charge on any atom is -0.493 e. The molecule has 0 radical (unpaired) electrons. The SMILES string of the molecule is Cc1ccc(F)cc1NC(=O)C(C)SCCOc1ccccc1. The van der Waals surface area contributed by atoms with Gasteiger partial charge in [-0.3, -0.25) is 4.79 Å². The van der Waals surface area contributed by atoms with Gasteiger partial charge in [-0.1, -0.05) is 24.3 Å². The van der Waals surface area contributed by atoms with Gasteiger partial charge in [0.2, 0.25) is 5.91 Å². The molecule has 3 nitrogen and oxygen atoms in total. The maximum absolute atomic E-state index is 13.2. The Kier molecular flexibility index (Phi) is 6.47. The highest BCUT2D eigenvalue weighted by Gasteiger charge is 2.14. The normalized spacial score (nSPS) is 11.8. The standard InChI is InChI=1S/C18H20FNO2S/c1-13-8-9-15(19)12-17(13)20-18(21)14(2)23-11-10-22-16-6-4-3-5-7-16/h3-9,12,14H,10-11H2,1-2H3,(H,20,21). The second kappa shape index (κ2) is 8.58. The quantitative estimate of drug-likeness (QED) is 0.769. The Balaban J connectivity index is 1.75. The minimum atomic E-state index is -0.359. The van der Waals surface area contributed by atoms with Crippen LogP contribution in [0.3, 0.4) is 0 Å². The summed E-state index contributed by atoms with van der Waals surface area (Å²) in [4.78, 5) is 12.1. The van der Waals surface area contributed by atoms with Crippen LogP contribution in [-0.2, 0) is 4.79 Å². The molecule has 2 rings (SSSR count). The summed E-state index contributed by atoms with van der Waals surface area (Å²) in [5, 5.41) is 2.53. The zero-order valence-corrected chi connectivity index (χ0v) is 14.0. The lowest BCUT2D eigenvalue weighted by Gasteiger charge is -2.14. The number of halogens is 1. The van der Waals surface area contributed by atoms with Gasteiger partial charge >= 0.3 is 0 Å². The molecule has 2 aromatic carbocycles. The smallest absolute Gasteiger partial charge is 0.237 e. The molecular formula is C18H20FNO2S. The molecule has 0 saturated carbocycles. The molecule has 0 fully saturated rings. The van der Waals surface area contributed by atoms with Crippen molar-refractivity contribution in [3.8, 4) is 5.75 Å². The van der Waals surface area contributed by atoms with E-state index in [1.165, 1.54) is 23.9 Å². The topological polar surface area (TPSA) is 38.3 Å². The fourth-order valence-corrected chi connectivity index (χ4v) is 2.68. The second-order valence-corrected chi connectivity index (χ2v) is 6.57. The lowest BCUT2D eigenvalue weighted by molar-refractivity contribution is -0.115. The van der Waals surface area contributed by atoms with Crippen molar-refractivity contribution in [2.24, 2.45) is 0 Å². The molecule has 0 heterocycles. The Morgan fingerprint density at radius 1 is 1.26 bits per heavy atom. The number of carbonyl (C=O) groups excluding carboxylic acids is 1. The summed E-state index contributed by atoms with van der Waals surface area (Å²) in [7, 11) is 0. The maximum atomic E-state index is 13.2. The molecule has 1 amide bonds. The molecule has 1 unspecified atom stereocenters. The highest BCUT2D eigenvalue weighted by molar-refractivity contribution is 8.00. The summed E-state index contributed by atoms with van der Waals surface area (Å²) in [6, 6.07) is 13.9. The van der Waals surface area contributed by atoms with Crippen LogP contribution in [0.2, 0.25) is 0 Å². The van der Waals surface area contributed by atoms with Crippen LogP contribution < -0.4 is 10.1 Å². The Bertz CT molecular complexity index is 649. The van der Waals surface area contributed by atoms with E-state index in [1.807, 2.05) is 44.2 Å². The van der Waals surface area contributed by atoms with Crippen LogP contribution >= 0.6 is 11.8 Å². The number of carbonyl (C=O) groups is 1. The molecule has 0 saturated heterocycles. The van der Waals surface area contributed by atoms with Crippen molar-refractivity contribution in [3.05, 3.63) is 59.9 Å². The van der Waals surface area contributed by atoms with Crippen LogP contribution in [0.5, 0.6) is 5.75 Å². The number of benzene rings is 2.